The summed E-state index contributed by atoms with van der Waals surface area (Å²) in [4.78, 5) is 18.4. The number of hydrogen-bond donors (Lipinski definition) is 1. The number of ether oxygens (including phenoxy) is 2. The van der Waals surface area contributed by atoms with Gasteiger partial charge in [-0.25, -0.2) is 0 Å². The van der Waals surface area contributed by atoms with Crippen LogP contribution in [0.15, 0.2) is 43.1 Å². The quantitative estimate of drug-likeness (QED) is 0.374. The average Bonchev–Trinajstić information content (AvgIpc) is 2.81. The second-order valence-corrected chi connectivity index (χ2v) is 8.53. The van der Waals surface area contributed by atoms with E-state index in [9.17, 15) is 9.90 Å². The molecule has 166 valence electrons. The van der Waals surface area contributed by atoms with Crippen LogP contribution in [0, 0.1) is 11.8 Å². The molecule has 0 spiro atoms. The van der Waals surface area contributed by atoms with E-state index in [1.54, 1.807) is 13.1 Å². The Morgan fingerprint density at radius 2 is 2.29 bits per heavy atom. The van der Waals surface area contributed by atoms with Gasteiger partial charge in [-0.05, 0) is 74.4 Å². The minimum Gasteiger partial charge on any atom is -0.494 e. The van der Waals surface area contributed by atoms with Crippen molar-refractivity contribution in [3.8, 4) is 5.75 Å². The molecule has 1 unspecified atom stereocenters. The van der Waals surface area contributed by atoms with Gasteiger partial charge < -0.3 is 14.6 Å². The van der Waals surface area contributed by atoms with Gasteiger partial charge in [-0.1, -0.05) is 6.08 Å². The maximum atomic E-state index is 11.5. The van der Waals surface area contributed by atoms with E-state index >= 15 is 0 Å². The van der Waals surface area contributed by atoms with Gasteiger partial charge in [-0.15, -0.1) is 6.58 Å². The van der Waals surface area contributed by atoms with Gasteiger partial charge in [0.05, 0.1) is 24.8 Å². The predicted octanol–water partition coefficient (Wildman–Crippen LogP) is 3.89. The average molecular weight is 425 g/mol. The summed E-state index contributed by atoms with van der Waals surface area (Å²) in [6.45, 7) is 8.65. The van der Waals surface area contributed by atoms with Crippen LogP contribution in [0.1, 0.15) is 44.3 Å². The lowest BCUT2D eigenvalue weighted by molar-refractivity contribution is -0.143. The largest absolute Gasteiger partial charge is 0.494 e. The van der Waals surface area contributed by atoms with Crippen molar-refractivity contribution in [2.24, 2.45) is 11.8 Å². The number of benzene rings is 1. The summed E-state index contributed by atoms with van der Waals surface area (Å²) in [6, 6.07) is 7.80. The van der Waals surface area contributed by atoms with E-state index in [0.29, 0.717) is 37.9 Å². The van der Waals surface area contributed by atoms with Crippen molar-refractivity contribution in [2.45, 2.75) is 44.8 Å². The van der Waals surface area contributed by atoms with Crippen molar-refractivity contribution in [1.29, 1.82) is 0 Å². The van der Waals surface area contributed by atoms with Crippen molar-refractivity contribution in [3.63, 3.8) is 0 Å². The number of rotatable bonds is 9. The number of hydrogen-bond acceptors (Lipinski definition) is 6. The molecule has 6 nitrogen and oxygen atoms in total. The van der Waals surface area contributed by atoms with E-state index < -0.39 is 6.10 Å². The van der Waals surface area contributed by atoms with Gasteiger partial charge in [0.25, 0.3) is 0 Å². The third-order valence-electron chi connectivity index (χ3n) is 6.68. The van der Waals surface area contributed by atoms with Crippen LogP contribution in [0.4, 0.5) is 0 Å². The third kappa shape index (κ3) is 4.75. The number of carbonyl (C=O) groups excluding carboxylic acids is 1. The molecule has 3 aliphatic rings. The van der Waals surface area contributed by atoms with Gasteiger partial charge in [-0.2, -0.15) is 0 Å². The summed E-state index contributed by atoms with van der Waals surface area (Å²) in [6.07, 6.45) is 6.39. The molecule has 6 heteroatoms. The Kier molecular flexibility index (Phi) is 6.88. The normalized spacial score (nSPS) is 25.9. The van der Waals surface area contributed by atoms with E-state index in [-0.39, 0.29) is 12.0 Å². The Labute approximate surface area is 183 Å². The summed E-state index contributed by atoms with van der Waals surface area (Å²) < 4.78 is 10.8. The first-order valence-electron chi connectivity index (χ1n) is 11.3. The zero-order chi connectivity index (χ0) is 21.8. The number of aliphatic hydroxyl groups is 1. The number of carbonyl (C=O) groups is 1. The number of esters is 1. The van der Waals surface area contributed by atoms with Crippen molar-refractivity contribution < 1.29 is 19.4 Å². The van der Waals surface area contributed by atoms with Crippen LogP contribution < -0.4 is 4.74 Å². The van der Waals surface area contributed by atoms with Crippen molar-refractivity contribution in [2.75, 3.05) is 26.3 Å². The Hall–Kier alpha value is -2.44. The molecule has 3 saturated heterocycles. The van der Waals surface area contributed by atoms with Crippen molar-refractivity contribution in [1.82, 2.24) is 9.88 Å². The number of aromatic nitrogens is 1. The Bertz CT molecular complexity index is 931. The minimum absolute atomic E-state index is 0.120. The summed E-state index contributed by atoms with van der Waals surface area (Å²) in [5.74, 6) is 1.65. The first-order valence-corrected chi connectivity index (χ1v) is 11.3. The monoisotopic (exact) mass is 424 g/mol. The third-order valence-corrected chi connectivity index (χ3v) is 6.68. The molecule has 1 aromatic carbocycles. The maximum absolute atomic E-state index is 11.5. The molecule has 3 aliphatic heterocycles. The minimum atomic E-state index is -0.571. The van der Waals surface area contributed by atoms with E-state index in [1.165, 1.54) is 6.42 Å². The number of pyridine rings is 1. The van der Waals surface area contributed by atoms with Crippen molar-refractivity contribution in [3.05, 3.63) is 48.7 Å². The first kappa shape index (κ1) is 21.8. The van der Waals surface area contributed by atoms with Gasteiger partial charge in [-0.3, -0.25) is 14.7 Å². The molecule has 4 heterocycles. The standard InChI is InChI=1S/C25H32N2O4/c1-3-17-16-27-12-10-18(17)14-23(27)25(29)20-9-11-26-22-8-7-19(15-21(20)22)31-13-5-6-24(28)30-4-2/h3,7-9,11,15,17-18,23,25,29H,1,4-6,10,12-14,16H2,2H3/t17-,18-,23+,25-/m0/s1. The highest BCUT2D eigenvalue weighted by Crippen LogP contribution is 2.42. The molecule has 0 saturated carbocycles. The SMILES string of the molecule is C=C[C@H]1CN2CC[C@H]1C[C@@H]2[C@@H](O)c1ccnc2ccc(OCCCC(=O)OCC)cc12. The Morgan fingerprint density at radius 1 is 1.42 bits per heavy atom. The highest BCUT2D eigenvalue weighted by atomic mass is 16.5. The lowest BCUT2D eigenvalue weighted by Gasteiger charge is -2.50. The number of piperidine rings is 3. The number of aliphatic hydroxyl groups excluding tert-OH is 1. The van der Waals surface area contributed by atoms with Gasteiger partial charge in [0.2, 0.25) is 0 Å². The molecule has 2 bridgehead atoms. The van der Waals surface area contributed by atoms with Gasteiger partial charge in [0, 0.05) is 30.6 Å². The number of fused-ring (bicyclic) bond motifs is 4. The van der Waals surface area contributed by atoms with Crippen LogP contribution in [0.3, 0.4) is 0 Å². The highest BCUT2D eigenvalue weighted by Gasteiger charge is 2.42. The zero-order valence-corrected chi connectivity index (χ0v) is 18.2. The summed E-state index contributed by atoms with van der Waals surface area (Å²) >= 11 is 0. The van der Waals surface area contributed by atoms with Crippen LogP contribution in [-0.2, 0) is 9.53 Å². The topological polar surface area (TPSA) is 71.9 Å². The maximum Gasteiger partial charge on any atom is 0.305 e. The van der Waals surface area contributed by atoms with Crippen LogP contribution >= 0.6 is 0 Å². The molecule has 2 aromatic rings. The second kappa shape index (κ2) is 9.79. The molecule has 3 fully saturated rings. The van der Waals surface area contributed by atoms with Gasteiger partial charge in [0.15, 0.2) is 0 Å². The summed E-state index contributed by atoms with van der Waals surface area (Å²) in [5, 5.41) is 12.3. The second-order valence-electron chi connectivity index (χ2n) is 8.53. The summed E-state index contributed by atoms with van der Waals surface area (Å²) in [5.41, 5.74) is 1.74. The molecule has 0 aliphatic carbocycles. The molecule has 1 aromatic heterocycles. The molecule has 0 amide bonds. The molecule has 5 rings (SSSR count). The molecule has 0 radical (unpaired) electrons. The number of nitrogens with zero attached hydrogens (tertiary/aromatic N) is 2. The van der Waals surface area contributed by atoms with E-state index in [0.717, 1.165) is 41.7 Å². The zero-order valence-electron chi connectivity index (χ0n) is 18.2. The van der Waals surface area contributed by atoms with E-state index in [4.69, 9.17) is 9.47 Å². The fourth-order valence-corrected chi connectivity index (χ4v) is 5.05. The lowest BCUT2D eigenvalue weighted by Crippen LogP contribution is -2.54. The smallest absolute Gasteiger partial charge is 0.305 e. The molecule has 31 heavy (non-hydrogen) atoms. The van der Waals surface area contributed by atoms with E-state index in [2.05, 4.69) is 22.5 Å². The Morgan fingerprint density at radius 3 is 3.03 bits per heavy atom. The fourth-order valence-electron chi connectivity index (χ4n) is 5.05. The molecular weight excluding hydrogens is 392 g/mol. The van der Waals surface area contributed by atoms with Crippen LogP contribution in [0.5, 0.6) is 5.75 Å². The highest BCUT2D eigenvalue weighted by molar-refractivity contribution is 5.84. The predicted molar refractivity (Wildman–Crippen MR) is 120 cm³/mol. The van der Waals surface area contributed by atoms with Crippen LogP contribution in [0.25, 0.3) is 10.9 Å². The van der Waals surface area contributed by atoms with Crippen LogP contribution in [-0.4, -0.2) is 53.3 Å². The van der Waals surface area contributed by atoms with E-state index in [1.807, 2.05) is 24.3 Å². The van der Waals surface area contributed by atoms with Gasteiger partial charge >= 0.3 is 5.97 Å². The molecule has 1 N–H and O–H groups in total. The summed E-state index contributed by atoms with van der Waals surface area (Å²) in [7, 11) is 0. The molecule has 5 atom stereocenters. The fraction of sp³-hybridized carbons (Fsp3) is 0.520. The lowest BCUT2D eigenvalue weighted by atomic mass is 9.73. The van der Waals surface area contributed by atoms with Crippen molar-refractivity contribution >= 4 is 16.9 Å². The molecular formula is C25H32N2O4. The first-order chi connectivity index (χ1) is 15.1. The van der Waals surface area contributed by atoms with Crippen LogP contribution in [0.2, 0.25) is 0 Å². The Balaban J connectivity index is 1.47. The van der Waals surface area contributed by atoms with Gasteiger partial charge in [0.1, 0.15) is 5.75 Å².